The number of aromatic nitrogens is 4. The standard InChI is InChI=1S/C24H29N7O.C2H4O2.ClH/c1-3-19-16(2)20-15-27-24(29-22(20)31(23(19)32)17-6-4-5-7-17)28-21-9-8-18(14-26-21)30-12-10-25-11-13-30;1-2(3)4;/h3,8-9,14-15,17,25H,1,4-7,10-13H2,2H3,(H,26,27,28,29);1H3,(H,3,4);1H. The van der Waals surface area contributed by atoms with Crippen molar-refractivity contribution in [1.82, 2.24) is 24.8 Å². The largest absolute Gasteiger partial charge is 0.481 e. The third kappa shape index (κ3) is 6.44. The third-order valence-corrected chi connectivity index (χ3v) is 6.62. The van der Waals surface area contributed by atoms with Crippen LogP contribution in [0.5, 0.6) is 0 Å². The number of hydrogen-bond acceptors (Lipinski definition) is 8. The molecule has 198 valence electrons. The van der Waals surface area contributed by atoms with Gasteiger partial charge in [0.1, 0.15) is 11.5 Å². The Morgan fingerprint density at radius 1 is 1.19 bits per heavy atom. The van der Waals surface area contributed by atoms with Crippen LogP contribution in [0, 0.1) is 6.92 Å². The van der Waals surface area contributed by atoms with Gasteiger partial charge < -0.3 is 20.6 Å². The molecule has 4 heterocycles. The number of aliphatic carboxylic acids is 1. The molecule has 37 heavy (non-hydrogen) atoms. The Morgan fingerprint density at radius 2 is 1.86 bits per heavy atom. The quantitative estimate of drug-likeness (QED) is 0.452. The van der Waals surface area contributed by atoms with Gasteiger partial charge in [-0.05, 0) is 37.5 Å². The number of aryl methyl sites for hydroxylation is 1. The van der Waals surface area contributed by atoms with Crippen LogP contribution in [-0.4, -0.2) is 56.8 Å². The van der Waals surface area contributed by atoms with Crippen molar-refractivity contribution in [3.05, 3.63) is 52.6 Å². The van der Waals surface area contributed by atoms with Gasteiger partial charge in [-0.25, -0.2) is 9.97 Å². The number of nitrogens with one attached hydrogen (secondary N) is 2. The molecule has 0 spiro atoms. The van der Waals surface area contributed by atoms with E-state index in [2.05, 4.69) is 38.1 Å². The van der Waals surface area contributed by atoms with Crippen molar-refractivity contribution in [2.75, 3.05) is 36.4 Å². The maximum Gasteiger partial charge on any atom is 0.300 e. The lowest BCUT2D eigenvalue weighted by Crippen LogP contribution is -2.43. The summed E-state index contributed by atoms with van der Waals surface area (Å²) in [4.78, 5) is 38.4. The highest BCUT2D eigenvalue weighted by Gasteiger charge is 2.23. The predicted octanol–water partition coefficient (Wildman–Crippen LogP) is 3.92. The minimum absolute atomic E-state index is 0. The smallest absolute Gasteiger partial charge is 0.300 e. The highest BCUT2D eigenvalue weighted by molar-refractivity contribution is 5.85. The molecule has 3 aromatic rings. The van der Waals surface area contributed by atoms with Crippen molar-refractivity contribution >= 4 is 52.9 Å². The Hall–Kier alpha value is -3.50. The van der Waals surface area contributed by atoms with E-state index in [4.69, 9.17) is 14.9 Å². The number of fused-ring (bicyclic) bond motifs is 1. The summed E-state index contributed by atoms with van der Waals surface area (Å²) in [7, 11) is 0. The van der Waals surface area contributed by atoms with Crippen LogP contribution in [0.2, 0.25) is 0 Å². The van der Waals surface area contributed by atoms with Crippen molar-refractivity contribution < 1.29 is 9.90 Å². The molecule has 0 atom stereocenters. The van der Waals surface area contributed by atoms with Gasteiger partial charge in [-0.15, -0.1) is 12.4 Å². The molecule has 1 aliphatic carbocycles. The molecule has 1 saturated carbocycles. The Bertz CT molecular complexity index is 1290. The van der Waals surface area contributed by atoms with Gasteiger partial charge in [-0.2, -0.15) is 4.98 Å². The van der Waals surface area contributed by atoms with Crippen LogP contribution in [0.15, 0.2) is 35.9 Å². The van der Waals surface area contributed by atoms with Crippen molar-refractivity contribution in [3.8, 4) is 0 Å². The zero-order valence-corrected chi connectivity index (χ0v) is 22.1. The van der Waals surface area contributed by atoms with Gasteiger partial charge in [0.2, 0.25) is 5.95 Å². The molecular weight excluding hydrogens is 494 g/mol. The van der Waals surface area contributed by atoms with Gasteiger partial charge in [-0.3, -0.25) is 14.2 Å². The lowest BCUT2D eigenvalue weighted by atomic mass is 10.1. The molecule has 5 rings (SSSR count). The molecule has 1 saturated heterocycles. The molecule has 0 amide bonds. The lowest BCUT2D eigenvalue weighted by molar-refractivity contribution is -0.134. The monoisotopic (exact) mass is 527 g/mol. The Labute approximate surface area is 222 Å². The SMILES string of the molecule is C=Cc1c(C)c2cnc(Nc3ccc(N4CCNCC4)cn3)nc2n(C2CCCC2)c1=O.CC(=O)O.Cl. The first kappa shape index (κ1) is 28.1. The summed E-state index contributed by atoms with van der Waals surface area (Å²) in [5, 5.41) is 14.9. The number of anilines is 3. The second-order valence-electron chi connectivity index (χ2n) is 9.07. The fraction of sp³-hybridized carbons (Fsp3) is 0.423. The van der Waals surface area contributed by atoms with Gasteiger partial charge in [0.05, 0.1) is 11.9 Å². The predicted molar refractivity (Wildman–Crippen MR) is 149 cm³/mol. The number of carboxylic acids is 1. The number of pyridine rings is 2. The number of carbonyl (C=O) groups is 1. The van der Waals surface area contributed by atoms with Gasteiger partial charge in [0, 0.05) is 56.3 Å². The molecular formula is C26H34ClN7O3. The molecule has 3 aromatic heterocycles. The number of carboxylic acid groups (broad SMARTS) is 1. The molecule has 1 aliphatic heterocycles. The van der Waals surface area contributed by atoms with E-state index in [0.29, 0.717) is 23.0 Å². The lowest BCUT2D eigenvalue weighted by Gasteiger charge is -2.29. The molecule has 0 bridgehead atoms. The van der Waals surface area contributed by atoms with Crippen molar-refractivity contribution in [2.24, 2.45) is 0 Å². The number of piperazine rings is 1. The average Bonchev–Trinajstić information content (AvgIpc) is 3.39. The van der Waals surface area contributed by atoms with Crippen LogP contribution >= 0.6 is 12.4 Å². The molecule has 0 radical (unpaired) electrons. The summed E-state index contributed by atoms with van der Waals surface area (Å²) in [6.45, 7) is 10.8. The summed E-state index contributed by atoms with van der Waals surface area (Å²) < 4.78 is 1.86. The minimum Gasteiger partial charge on any atom is -0.481 e. The second kappa shape index (κ2) is 12.6. The number of rotatable bonds is 5. The summed E-state index contributed by atoms with van der Waals surface area (Å²) in [5.41, 5.74) is 3.29. The van der Waals surface area contributed by atoms with Crippen LogP contribution in [0.1, 0.15) is 49.8 Å². The van der Waals surface area contributed by atoms with Gasteiger partial charge in [0.15, 0.2) is 0 Å². The Morgan fingerprint density at radius 3 is 2.46 bits per heavy atom. The van der Waals surface area contributed by atoms with E-state index in [0.717, 1.165) is 75.4 Å². The molecule has 0 unspecified atom stereocenters. The van der Waals surface area contributed by atoms with E-state index in [1.165, 1.54) is 0 Å². The first-order chi connectivity index (χ1) is 17.4. The number of halogens is 1. The van der Waals surface area contributed by atoms with Crippen LogP contribution < -0.4 is 21.1 Å². The number of hydrogen-bond donors (Lipinski definition) is 3. The zero-order chi connectivity index (χ0) is 25.7. The third-order valence-electron chi connectivity index (χ3n) is 6.62. The minimum atomic E-state index is -0.833. The molecule has 10 nitrogen and oxygen atoms in total. The topological polar surface area (TPSA) is 125 Å². The van der Waals surface area contributed by atoms with Crippen LogP contribution in [-0.2, 0) is 4.79 Å². The van der Waals surface area contributed by atoms with Gasteiger partial charge in [0.25, 0.3) is 11.5 Å². The van der Waals surface area contributed by atoms with Crippen LogP contribution in [0.25, 0.3) is 17.1 Å². The van der Waals surface area contributed by atoms with Crippen molar-refractivity contribution in [1.29, 1.82) is 0 Å². The maximum atomic E-state index is 13.3. The van der Waals surface area contributed by atoms with E-state index in [1.807, 2.05) is 23.8 Å². The Kier molecular flexibility index (Phi) is 9.60. The van der Waals surface area contributed by atoms with Gasteiger partial charge in [-0.1, -0.05) is 25.5 Å². The maximum absolute atomic E-state index is 13.3. The Balaban J connectivity index is 0.000000711. The van der Waals surface area contributed by atoms with Crippen LogP contribution in [0.3, 0.4) is 0 Å². The van der Waals surface area contributed by atoms with E-state index in [1.54, 1.807) is 12.3 Å². The van der Waals surface area contributed by atoms with Crippen LogP contribution in [0.4, 0.5) is 17.5 Å². The molecule has 2 fully saturated rings. The second-order valence-corrected chi connectivity index (χ2v) is 9.07. The summed E-state index contributed by atoms with van der Waals surface area (Å²) in [6.07, 6.45) is 9.59. The van der Waals surface area contributed by atoms with E-state index < -0.39 is 5.97 Å². The zero-order valence-electron chi connectivity index (χ0n) is 21.2. The molecule has 3 N–H and O–H groups in total. The van der Waals surface area contributed by atoms with E-state index >= 15 is 0 Å². The molecule has 2 aliphatic rings. The first-order valence-electron chi connectivity index (χ1n) is 12.3. The van der Waals surface area contributed by atoms with Crippen molar-refractivity contribution in [2.45, 2.75) is 45.6 Å². The highest BCUT2D eigenvalue weighted by atomic mass is 35.5. The first-order valence-corrected chi connectivity index (χ1v) is 12.3. The van der Waals surface area contributed by atoms with Gasteiger partial charge >= 0.3 is 0 Å². The molecule has 11 heteroatoms. The summed E-state index contributed by atoms with van der Waals surface area (Å²) in [5.74, 6) is 0.286. The average molecular weight is 528 g/mol. The van der Waals surface area contributed by atoms with E-state index in [9.17, 15) is 4.79 Å². The fourth-order valence-electron chi connectivity index (χ4n) is 4.84. The summed E-state index contributed by atoms with van der Waals surface area (Å²) in [6, 6.07) is 4.18. The normalized spacial score (nSPS) is 15.5. The fourth-order valence-corrected chi connectivity index (χ4v) is 4.84. The summed E-state index contributed by atoms with van der Waals surface area (Å²) >= 11 is 0. The number of nitrogens with zero attached hydrogens (tertiary/aromatic N) is 5. The van der Waals surface area contributed by atoms with Crippen molar-refractivity contribution in [3.63, 3.8) is 0 Å². The highest BCUT2D eigenvalue weighted by Crippen LogP contribution is 2.32. The van der Waals surface area contributed by atoms with E-state index in [-0.39, 0.29) is 24.0 Å². The molecule has 0 aromatic carbocycles.